The highest BCUT2D eigenvalue weighted by atomic mass is 32.2. The maximum Gasteiger partial charge on any atom is 0.281 e. The van der Waals surface area contributed by atoms with Crippen LogP contribution in [0.25, 0.3) is 0 Å². The predicted molar refractivity (Wildman–Crippen MR) is 63.1 cm³/mol. The van der Waals surface area contributed by atoms with Gasteiger partial charge < -0.3 is 0 Å². The molecule has 6 heteroatoms. The van der Waals surface area contributed by atoms with Crippen LogP contribution in [0.15, 0.2) is 17.5 Å². The van der Waals surface area contributed by atoms with Crippen molar-refractivity contribution in [1.29, 1.82) is 0 Å². The highest BCUT2D eigenvalue weighted by Crippen LogP contribution is 2.25. The molecule has 0 radical (unpaired) electrons. The predicted octanol–water partition coefficient (Wildman–Crippen LogP) is 1.55. The molecule has 0 spiro atoms. The zero-order valence-corrected chi connectivity index (χ0v) is 11.0. The van der Waals surface area contributed by atoms with E-state index in [1.54, 1.807) is 18.4 Å². The topological polar surface area (TPSA) is 40.6 Å². The zero-order valence-electron chi connectivity index (χ0n) is 9.34. The third kappa shape index (κ3) is 2.57. The van der Waals surface area contributed by atoms with Gasteiger partial charge in [0, 0.05) is 26.0 Å². The second kappa shape index (κ2) is 4.61. The van der Waals surface area contributed by atoms with Gasteiger partial charge in [-0.1, -0.05) is 6.07 Å². The summed E-state index contributed by atoms with van der Waals surface area (Å²) in [5.74, 6) is 0. The second-order valence-electron chi connectivity index (χ2n) is 3.50. The number of nitrogens with zero attached hydrogens (tertiary/aromatic N) is 2. The molecule has 0 N–H and O–H groups in total. The van der Waals surface area contributed by atoms with Gasteiger partial charge in [0.05, 0.1) is 6.04 Å². The zero-order chi connectivity index (χ0) is 11.6. The molecule has 0 aliphatic heterocycles. The Morgan fingerprint density at radius 3 is 2.33 bits per heavy atom. The van der Waals surface area contributed by atoms with E-state index in [1.807, 2.05) is 24.4 Å². The van der Waals surface area contributed by atoms with Crippen LogP contribution >= 0.6 is 11.3 Å². The Bertz CT molecular complexity index is 398. The van der Waals surface area contributed by atoms with Crippen LogP contribution in [0.1, 0.15) is 17.8 Å². The van der Waals surface area contributed by atoms with Crippen LogP contribution in [0.3, 0.4) is 0 Å². The molecule has 0 aliphatic rings. The quantitative estimate of drug-likeness (QED) is 0.811. The maximum absolute atomic E-state index is 11.8. The Balaban J connectivity index is 2.91. The maximum atomic E-state index is 11.8. The van der Waals surface area contributed by atoms with E-state index in [0.29, 0.717) is 0 Å². The van der Waals surface area contributed by atoms with Gasteiger partial charge in [-0.05, 0) is 18.4 Å². The Kier molecular flexibility index (Phi) is 3.88. The van der Waals surface area contributed by atoms with E-state index in [4.69, 9.17) is 0 Å². The van der Waals surface area contributed by atoms with Crippen LogP contribution in [0, 0.1) is 0 Å². The minimum Gasteiger partial charge on any atom is -0.195 e. The first-order valence-corrected chi connectivity index (χ1v) is 6.84. The molecule has 1 aromatic heterocycles. The van der Waals surface area contributed by atoms with Gasteiger partial charge in [-0.25, -0.2) is 0 Å². The van der Waals surface area contributed by atoms with Gasteiger partial charge in [0.15, 0.2) is 0 Å². The van der Waals surface area contributed by atoms with E-state index in [-0.39, 0.29) is 6.04 Å². The van der Waals surface area contributed by atoms with E-state index < -0.39 is 10.2 Å². The van der Waals surface area contributed by atoms with E-state index >= 15 is 0 Å². The highest BCUT2D eigenvalue weighted by molar-refractivity contribution is 7.86. The Morgan fingerprint density at radius 2 is 1.93 bits per heavy atom. The molecule has 0 aliphatic carbocycles. The molecule has 4 nitrogen and oxygen atoms in total. The molecule has 1 heterocycles. The molecular weight excluding hydrogens is 232 g/mol. The first kappa shape index (κ1) is 12.6. The Hall–Kier alpha value is -0.430. The fourth-order valence-corrected chi connectivity index (χ4v) is 3.09. The lowest BCUT2D eigenvalue weighted by atomic mass is 10.3. The minimum atomic E-state index is -3.33. The molecule has 0 fully saturated rings. The molecule has 0 aromatic carbocycles. The third-order valence-electron chi connectivity index (χ3n) is 2.33. The lowest BCUT2D eigenvalue weighted by molar-refractivity contribution is 0.368. The third-order valence-corrected chi connectivity index (χ3v) is 5.34. The van der Waals surface area contributed by atoms with Crippen molar-refractivity contribution in [1.82, 2.24) is 8.61 Å². The summed E-state index contributed by atoms with van der Waals surface area (Å²) in [7, 11) is 1.34. The molecule has 0 bridgehead atoms. The standard InChI is InChI=1S/C9H16N2O2S2/c1-8(9-6-5-7-14-9)11(4)15(12,13)10(2)3/h5-8H,1-4H3. The SMILES string of the molecule is CC(c1cccs1)N(C)S(=O)(=O)N(C)C. The van der Waals surface area contributed by atoms with Crippen molar-refractivity contribution >= 4 is 21.5 Å². The smallest absolute Gasteiger partial charge is 0.195 e. The molecule has 86 valence electrons. The average Bonchev–Trinajstić information content (AvgIpc) is 2.67. The van der Waals surface area contributed by atoms with E-state index in [0.717, 1.165) is 4.88 Å². The van der Waals surface area contributed by atoms with Crippen molar-refractivity contribution in [3.8, 4) is 0 Å². The second-order valence-corrected chi connectivity index (χ2v) is 6.68. The largest absolute Gasteiger partial charge is 0.281 e. The van der Waals surface area contributed by atoms with Crippen LogP contribution in [-0.2, 0) is 10.2 Å². The number of hydrogen-bond donors (Lipinski definition) is 0. The molecule has 0 saturated carbocycles. The fraction of sp³-hybridized carbons (Fsp3) is 0.556. The van der Waals surface area contributed by atoms with Crippen LogP contribution in [0.2, 0.25) is 0 Å². The van der Waals surface area contributed by atoms with Gasteiger partial charge in [0.1, 0.15) is 0 Å². The normalized spacial score (nSPS) is 14.8. The summed E-state index contributed by atoms with van der Waals surface area (Å²) in [5, 5.41) is 1.95. The summed E-state index contributed by atoms with van der Waals surface area (Å²) in [6.45, 7) is 1.88. The van der Waals surface area contributed by atoms with E-state index in [9.17, 15) is 8.42 Å². The van der Waals surface area contributed by atoms with Gasteiger partial charge >= 0.3 is 0 Å². The Labute approximate surface area is 95.3 Å². The molecule has 1 atom stereocenters. The first-order chi connectivity index (χ1) is 6.87. The lowest BCUT2D eigenvalue weighted by Crippen LogP contribution is -2.38. The van der Waals surface area contributed by atoms with Crippen molar-refractivity contribution in [2.75, 3.05) is 21.1 Å². The van der Waals surface area contributed by atoms with Gasteiger partial charge in [0.25, 0.3) is 10.2 Å². The van der Waals surface area contributed by atoms with E-state index in [2.05, 4.69) is 0 Å². The molecule has 1 rings (SSSR count). The Morgan fingerprint density at radius 1 is 1.33 bits per heavy atom. The summed E-state index contributed by atoms with van der Waals surface area (Å²) in [4.78, 5) is 1.04. The fourth-order valence-electron chi connectivity index (χ4n) is 1.17. The van der Waals surface area contributed by atoms with Gasteiger partial charge in [-0.2, -0.15) is 17.0 Å². The summed E-state index contributed by atoms with van der Waals surface area (Å²) in [6.07, 6.45) is 0. The molecule has 1 aromatic rings. The molecular formula is C9H16N2O2S2. The van der Waals surface area contributed by atoms with Gasteiger partial charge in [-0.3, -0.25) is 0 Å². The molecule has 1 unspecified atom stereocenters. The van der Waals surface area contributed by atoms with Gasteiger partial charge in [-0.15, -0.1) is 11.3 Å². The van der Waals surface area contributed by atoms with Crippen molar-refractivity contribution in [3.05, 3.63) is 22.4 Å². The van der Waals surface area contributed by atoms with Crippen molar-refractivity contribution in [2.45, 2.75) is 13.0 Å². The van der Waals surface area contributed by atoms with Crippen molar-refractivity contribution in [2.24, 2.45) is 0 Å². The minimum absolute atomic E-state index is 0.127. The molecule has 0 amide bonds. The van der Waals surface area contributed by atoms with Crippen molar-refractivity contribution < 1.29 is 8.42 Å². The summed E-state index contributed by atoms with van der Waals surface area (Å²) in [5.41, 5.74) is 0. The van der Waals surface area contributed by atoms with Crippen LogP contribution < -0.4 is 0 Å². The van der Waals surface area contributed by atoms with Crippen LogP contribution in [0.5, 0.6) is 0 Å². The number of thiophene rings is 1. The summed E-state index contributed by atoms with van der Waals surface area (Å²) < 4.78 is 26.2. The molecule has 0 saturated heterocycles. The summed E-state index contributed by atoms with van der Waals surface area (Å²) >= 11 is 1.56. The average molecular weight is 248 g/mol. The lowest BCUT2D eigenvalue weighted by Gasteiger charge is -2.26. The van der Waals surface area contributed by atoms with Gasteiger partial charge in [0.2, 0.25) is 0 Å². The monoisotopic (exact) mass is 248 g/mol. The molecule has 15 heavy (non-hydrogen) atoms. The van der Waals surface area contributed by atoms with Crippen molar-refractivity contribution in [3.63, 3.8) is 0 Å². The van der Waals surface area contributed by atoms with Crippen LogP contribution in [-0.4, -0.2) is 38.2 Å². The van der Waals surface area contributed by atoms with E-state index in [1.165, 1.54) is 22.7 Å². The summed E-state index contributed by atoms with van der Waals surface area (Å²) in [6, 6.07) is 3.74. The number of hydrogen-bond acceptors (Lipinski definition) is 3. The number of rotatable bonds is 4. The highest BCUT2D eigenvalue weighted by Gasteiger charge is 2.26. The van der Waals surface area contributed by atoms with Crippen LogP contribution in [0.4, 0.5) is 0 Å². The first-order valence-electron chi connectivity index (χ1n) is 4.56.